The van der Waals surface area contributed by atoms with Crippen molar-refractivity contribution in [1.29, 1.82) is 0 Å². The van der Waals surface area contributed by atoms with Crippen LogP contribution in [-0.2, 0) is 11.3 Å². The molecular formula is C19H17N5O3S. The number of para-hydroxylation sites is 1. The summed E-state index contributed by atoms with van der Waals surface area (Å²) in [5, 5.41) is 4.53. The summed E-state index contributed by atoms with van der Waals surface area (Å²) in [7, 11) is 1.35. The molecule has 0 spiro atoms. The van der Waals surface area contributed by atoms with Gasteiger partial charge in [0.05, 0.1) is 29.9 Å². The molecule has 4 rings (SSSR count). The molecule has 1 aromatic carbocycles. The predicted octanol–water partition coefficient (Wildman–Crippen LogP) is 2.94. The van der Waals surface area contributed by atoms with Gasteiger partial charge >= 0.3 is 5.97 Å². The highest BCUT2D eigenvalue weighted by Crippen LogP contribution is 2.34. The maximum absolute atomic E-state index is 12.2. The van der Waals surface area contributed by atoms with Gasteiger partial charge in [-0.2, -0.15) is 0 Å². The zero-order valence-electron chi connectivity index (χ0n) is 15.5. The highest BCUT2D eigenvalue weighted by Gasteiger charge is 2.20. The molecule has 0 fully saturated rings. The van der Waals surface area contributed by atoms with Crippen LogP contribution in [0.3, 0.4) is 0 Å². The van der Waals surface area contributed by atoms with Crippen molar-refractivity contribution >= 4 is 44.2 Å². The molecule has 0 aliphatic rings. The van der Waals surface area contributed by atoms with E-state index in [4.69, 9.17) is 4.74 Å². The summed E-state index contributed by atoms with van der Waals surface area (Å²) in [6.07, 6.45) is 0. The van der Waals surface area contributed by atoms with E-state index in [2.05, 4.69) is 25.3 Å². The zero-order chi connectivity index (χ0) is 19.8. The fraction of sp³-hybridized carbons (Fsp3) is 0.211. The number of anilines is 1. The van der Waals surface area contributed by atoms with Gasteiger partial charge < -0.3 is 15.0 Å². The highest BCUT2D eigenvalue weighted by molar-refractivity contribution is 7.20. The van der Waals surface area contributed by atoms with Crippen LogP contribution in [0.4, 0.5) is 5.82 Å². The highest BCUT2D eigenvalue weighted by atomic mass is 32.1. The van der Waals surface area contributed by atoms with Gasteiger partial charge in [-0.3, -0.25) is 4.79 Å². The molecule has 0 aliphatic carbocycles. The van der Waals surface area contributed by atoms with Crippen molar-refractivity contribution in [1.82, 2.24) is 19.9 Å². The minimum absolute atomic E-state index is 0.189. The number of aromatic amines is 1. The Labute approximate surface area is 163 Å². The van der Waals surface area contributed by atoms with Crippen molar-refractivity contribution in [3.05, 3.63) is 56.7 Å². The lowest BCUT2D eigenvalue weighted by atomic mass is 10.2. The Balaban J connectivity index is 1.73. The minimum Gasteiger partial charge on any atom is -0.465 e. The van der Waals surface area contributed by atoms with Gasteiger partial charge in [-0.1, -0.05) is 12.1 Å². The van der Waals surface area contributed by atoms with E-state index in [1.807, 2.05) is 13.0 Å². The molecule has 0 atom stereocenters. The summed E-state index contributed by atoms with van der Waals surface area (Å²) in [4.78, 5) is 41.6. The minimum atomic E-state index is -0.398. The Morgan fingerprint density at radius 3 is 2.79 bits per heavy atom. The first-order valence-electron chi connectivity index (χ1n) is 8.55. The fourth-order valence-electron chi connectivity index (χ4n) is 3.05. The number of carbonyl (C=O) groups excluding carboxylic acids is 1. The van der Waals surface area contributed by atoms with Crippen LogP contribution >= 0.6 is 11.3 Å². The molecule has 3 aromatic heterocycles. The number of nitrogens with one attached hydrogen (secondary N) is 2. The number of rotatable bonds is 4. The van der Waals surface area contributed by atoms with Crippen molar-refractivity contribution in [2.45, 2.75) is 20.4 Å². The van der Waals surface area contributed by atoms with E-state index in [0.29, 0.717) is 38.1 Å². The Morgan fingerprint density at radius 2 is 2.00 bits per heavy atom. The largest absolute Gasteiger partial charge is 0.465 e. The summed E-state index contributed by atoms with van der Waals surface area (Å²) >= 11 is 1.27. The zero-order valence-corrected chi connectivity index (χ0v) is 16.3. The Kier molecular flexibility index (Phi) is 4.52. The predicted molar refractivity (Wildman–Crippen MR) is 108 cm³/mol. The molecular weight excluding hydrogens is 378 g/mol. The molecule has 0 bridgehead atoms. The van der Waals surface area contributed by atoms with Gasteiger partial charge in [0.15, 0.2) is 0 Å². The standard InChI is InChI=1S/C19H17N5O3S/c1-9-14-16(21-10(2)22-18(14)28-15(9)19(26)27-3)20-8-13-23-12-7-5-4-6-11(12)17(25)24-13/h4-7H,8H2,1-3H3,(H,20,21,22)(H,23,24,25). The van der Waals surface area contributed by atoms with E-state index in [-0.39, 0.29) is 12.1 Å². The van der Waals surface area contributed by atoms with Crippen LogP contribution in [0.1, 0.15) is 26.9 Å². The lowest BCUT2D eigenvalue weighted by Crippen LogP contribution is -2.15. The molecule has 8 nitrogen and oxygen atoms in total. The maximum atomic E-state index is 12.2. The van der Waals surface area contributed by atoms with Gasteiger partial charge in [0.2, 0.25) is 0 Å². The lowest BCUT2D eigenvalue weighted by Gasteiger charge is -2.09. The van der Waals surface area contributed by atoms with Crippen LogP contribution in [0.15, 0.2) is 29.1 Å². The molecule has 2 N–H and O–H groups in total. The van der Waals surface area contributed by atoms with E-state index < -0.39 is 5.97 Å². The summed E-state index contributed by atoms with van der Waals surface area (Å²) < 4.78 is 4.85. The van der Waals surface area contributed by atoms with Crippen LogP contribution < -0.4 is 10.9 Å². The molecule has 0 saturated heterocycles. The number of H-pyrrole nitrogens is 1. The molecule has 0 unspecified atom stereocenters. The number of esters is 1. The number of methoxy groups -OCH3 is 1. The van der Waals surface area contributed by atoms with Crippen molar-refractivity contribution in [2.24, 2.45) is 0 Å². The number of hydrogen-bond acceptors (Lipinski definition) is 8. The fourth-order valence-corrected chi connectivity index (χ4v) is 4.19. The Hall–Kier alpha value is -3.33. The van der Waals surface area contributed by atoms with Crippen molar-refractivity contribution in [3.63, 3.8) is 0 Å². The first-order chi connectivity index (χ1) is 13.5. The number of nitrogens with zero attached hydrogens (tertiary/aromatic N) is 3. The van der Waals surface area contributed by atoms with Gasteiger partial charge in [-0.05, 0) is 31.5 Å². The summed E-state index contributed by atoms with van der Waals surface area (Å²) in [5.41, 5.74) is 1.20. The molecule has 0 saturated carbocycles. The number of carbonyl (C=O) groups is 1. The van der Waals surface area contributed by atoms with Gasteiger partial charge in [0.25, 0.3) is 5.56 Å². The molecule has 142 valence electrons. The number of benzene rings is 1. The van der Waals surface area contributed by atoms with Crippen LogP contribution in [0.2, 0.25) is 0 Å². The van der Waals surface area contributed by atoms with Crippen LogP contribution in [-0.4, -0.2) is 33.0 Å². The first kappa shape index (κ1) is 18.1. The van der Waals surface area contributed by atoms with E-state index in [1.54, 1.807) is 25.1 Å². The summed E-state index contributed by atoms with van der Waals surface area (Å²) in [6.45, 7) is 3.90. The lowest BCUT2D eigenvalue weighted by molar-refractivity contribution is 0.0605. The van der Waals surface area contributed by atoms with Gasteiger partial charge in [-0.15, -0.1) is 11.3 Å². The second-order valence-electron chi connectivity index (χ2n) is 6.23. The molecule has 3 heterocycles. The van der Waals surface area contributed by atoms with Gasteiger partial charge in [0.1, 0.15) is 27.2 Å². The average molecular weight is 395 g/mol. The van der Waals surface area contributed by atoms with Gasteiger partial charge in [0, 0.05) is 0 Å². The Bertz CT molecular complexity index is 1280. The van der Waals surface area contributed by atoms with Crippen molar-refractivity contribution in [2.75, 3.05) is 12.4 Å². The number of thiophene rings is 1. The topological polar surface area (TPSA) is 110 Å². The second kappa shape index (κ2) is 7.01. The third kappa shape index (κ3) is 3.09. The average Bonchev–Trinajstić information content (AvgIpc) is 3.02. The summed E-state index contributed by atoms with van der Waals surface area (Å²) in [5.74, 6) is 1.26. The molecule has 0 amide bonds. The molecule has 28 heavy (non-hydrogen) atoms. The van der Waals surface area contributed by atoms with Crippen LogP contribution in [0.5, 0.6) is 0 Å². The normalized spacial score (nSPS) is 11.1. The third-order valence-electron chi connectivity index (χ3n) is 4.36. The molecule has 4 aromatic rings. The quantitative estimate of drug-likeness (QED) is 0.511. The maximum Gasteiger partial charge on any atom is 0.348 e. The second-order valence-corrected chi connectivity index (χ2v) is 7.23. The number of fused-ring (bicyclic) bond motifs is 2. The SMILES string of the molecule is COC(=O)c1sc2nc(C)nc(NCc3nc4ccccc4c(=O)[nH]3)c2c1C. The molecule has 9 heteroatoms. The monoisotopic (exact) mass is 395 g/mol. The smallest absolute Gasteiger partial charge is 0.348 e. The number of aromatic nitrogens is 4. The summed E-state index contributed by atoms with van der Waals surface area (Å²) in [6, 6.07) is 7.17. The van der Waals surface area contributed by atoms with E-state index in [0.717, 1.165) is 10.9 Å². The third-order valence-corrected chi connectivity index (χ3v) is 5.52. The van der Waals surface area contributed by atoms with E-state index in [9.17, 15) is 9.59 Å². The van der Waals surface area contributed by atoms with Crippen molar-refractivity contribution in [3.8, 4) is 0 Å². The van der Waals surface area contributed by atoms with Crippen LogP contribution in [0.25, 0.3) is 21.1 Å². The van der Waals surface area contributed by atoms with E-state index in [1.165, 1.54) is 18.4 Å². The number of aryl methyl sites for hydroxylation is 2. The molecule has 0 aliphatic heterocycles. The van der Waals surface area contributed by atoms with E-state index >= 15 is 0 Å². The number of ether oxygens (including phenoxy) is 1. The van der Waals surface area contributed by atoms with Crippen molar-refractivity contribution < 1.29 is 9.53 Å². The number of hydrogen-bond donors (Lipinski definition) is 2. The molecule has 0 radical (unpaired) electrons. The van der Waals surface area contributed by atoms with Crippen LogP contribution in [0, 0.1) is 13.8 Å². The van der Waals surface area contributed by atoms with Gasteiger partial charge in [-0.25, -0.2) is 19.7 Å². The first-order valence-corrected chi connectivity index (χ1v) is 9.37. The Morgan fingerprint density at radius 1 is 1.21 bits per heavy atom.